The van der Waals surface area contributed by atoms with Crippen molar-refractivity contribution in [1.29, 1.82) is 0 Å². The predicted octanol–water partition coefficient (Wildman–Crippen LogP) is -0.990. The van der Waals surface area contributed by atoms with E-state index >= 15 is 0 Å². The third kappa shape index (κ3) is 1.61. The number of anilines is 1. The van der Waals surface area contributed by atoms with Crippen LogP contribution in [0.1, 0.15) is 6.92 Å². The van der Waals surface area contributed by atoms with Crippen LogP contribution in [0.5, 0.6) is 0 Å². The molecular weight excluding hydrogens is 238 g/mol. The summed E-state index contributed by atoms with van der Waals surface area (Å²) >= 11 is 0. The van der Waals surface area contributed by atoms with Crippen LogP contribution in [-0.2, 0) is 25.6 Å². The SMILES string of the molecule is CCOCn1c(N)nc2c1c(=O)n(C)c(=O)n2C. The third-order valence-electron chi connectivity index (χ3n) is 2.80. The molecule has 2 N–H and O–H groups in total. The standard InChI is InChI=1S/C10H15N5O3/c1-4-18-5-15-6-7(12-9(15)11)13(2)10(17)14(3)8(6)16/h4-5H2,1-3H3,(H2,11,12). The summed E-state index contributed by atoms with van der Waals surface area (Å²) in [4.78, 5) is 27.9. The zero-order chi connectivity index (χ0) is 13.4. The van der Waals surface area contributed by atoms with Gasteiger partial charge < -0.3 is 10.5 Å². The van der Waals surface area contributed by atoms with Crippen LogP contribution in [0.15, 0.2) is 9.59 Å². The Morgan fingerprint density at radius 1 is 1.28 bits per heavy atom. The fraction of sp³-hybridized carbons (Fsp3) is 0.500. The van der Waals surface area contributed by atoms with Crippen molar-refractivity contribution < 1.29 is 4.74 Å². The highest BCUT2D eigenvalue weighted by Crippen LogP contribution is 2.12. The number of nitrogens with two attached hydrogens (primary N) is 1. The summed E-state index contributed by atoms with van der Waals surface area (Å²) in [5.41, 5.74) is 5.40. The van der Waals surface area contributed by atoms with Crippen LogP contribution >= 0.6 is 0 Å². The summed E-state index contributed by atoms with van der Waals surface area (Å²) in [6, 6.07) is 0. The minimum absolute atomic E-state index is 0.131. The zero-order valence-corrected chi connectivity index (χ0v) is 10.5. The lowest BCUT2D eigenvalue weighted by Crippen LogP contribution is -2.37. The van der Waals surface area contributed by atoms with Crippen LogP contribution < -0.4 is 17.0 Å². The van der Waals surface area contributed by atoms with Gasteiger partial charge in [0.2, 0.25) is 5.95 Å². The number of hydrogen-bond donors (Lipinski definition) is 1. The molecule has 18 heavy (non-hydrogen) atoms. The highest BCUT2D eigenvalue weighted by Gasteiger charge is 2.17. The molecule has 0 spiro atoms. The van der Waals surface area contributed by atoms with Crippen LogP contribution in [-0.4, -0.2) is 25.3 Å². The van der Waals surface area contributed by atoms with Gasteiger partial charge in [0.25, 0.3) is 5.56 Å². The second kappa shape index (κ2) is 4.30. The highest BCUT2D eigenvalue weighted by molar-refractivity contribution is 5.73. The summed E-state index contributed by atoms with van der Waals surface area (Å²) in [5.74, 6) is 0.150. The molecule has 2 heterocycles. The summed E-state index contributed by atoms with van der Waals surface area (Å²) in [7, 11) is 2.96. The van der Waals surface area contributed by atoms with E-state index in [0.29, 0.717) is 6.61 Å². The molecule has 0 aliphatic carbocycles. The van der Waals surface area contributed by atoms with Gasteiger partial charge >= 0.3 is 5.69 Å². The predicted molar refractivity (Wildman–Crippen MR) is 66.3 cm³/mol. The van der Waals surface area contributed by atoms with Gasteiger partial charge in [0.1, 0.15) is 6.73 Å². The minimum Gasteiger partial charge on any atom is -0.369 e. The van der Waals surface area contributed by atoms with Crippen LogP contribution in [0.3, 0.4) is 0 Å². The quantitative estimate of drug-likeness (QED) is 0.757. The van der Waals surface area contributed by atoms with Gasteiger partial charge in [0.05, 0.1) is 0 Å². The Labute approximate surface area is 102 Å². The van der Waals surface area contributed by atoms with Crippen molar-refractivity contribution in [2.45, 2.75) is 13.7 Å². The summed E-state index contributed by atoms with van der Waals surface area (Å²) in [5, 5.41) is 0. The van der Waals surface area contributed by atoms with Crippen LogP contribution in [0.25, 0.3) is 11.2 Å². The Hall–Kier alpha value is -2.09. The first-order valence-corrected chi connectivity index (χ1v) is 5.48. The van der Waals surface area contributed by atoms with E-state index in [1.165, 1.54) is 16.2 Å². The largest absolute Gasteiger partial charge is 0.369 e. The number of nitrogens with zero attached hydrogens (tertiary/aromatic N) is 4. The lowest BCUT2D eigenvalue weighted by atomic mass is 10.5. The number of fused-ring (bicyclic) bond motifs is 1. The normalized spacial score (nSPS) is 11.3. The topological polar surface area (TPSA) is 97.1 Å². The van der Waals surface area contributed by atoms with E-state index in [0.717, 1.165) is 4.57 Å². The Kier molecular flexibility index (Phi) is 2.95. The van der Waals surface area contributed by atoms with Crippen LogP contribution in [0, 0.1) is 0 Å². The fourth-order valence-electron chi connectivity index (χ4n) is 1.78. The molecule has 8 heteroatoms. The number of hydrogen-bond acceptors (Lipinski definition) is 5. The molecule has 0 amide bonds. The molecule has 0 radical (unpaired) electrons. The van der Waals surface area contributed by atoms with Crippen LogP contribution in [0.2, 0.25) is 0 Å². The second-order valence-electron chi connectivity index (χ2n) is 3.90. The molecule has 2 aromatic heterocycles. The summed E-state index contributed by atoms with van der Waals surface area (Å²) < 4.78 is 9.01. The number of rotatable bonds is 3. The molecule has 0 unspecified atom stereocenters. The van der Waals surface area contributed by atoms with Gasteiger partial charge in [-0.2, -0.15) is 4.98 Å². The molecule has 0 bridgehead atoms. The van der Waals surface area contributed by atoms with Gasteiger partial charge in [-0.3, -0.25) is 18.5 Å². The average molecular weight is 253 g/mol. The van der Waals surface area contributed by atoms with E-state index in [1.807, 2.05) is 6.92 Å². The lowest BCUT2D eigenvalue weighted by Gasteiger charge is -2.07. The monoisotopic (exact) mass is 253 g/mol. The first-order chi connectivity index (χ1) is 8.49. The van der Waals surface area contributed by atoms with Crippen molar-refractivity contribution in [1.82, 2.24) is 18.7 Å². The molecule has 0 aliphatic rings. The smallest absolute Gasteiger partial charge is 0.332 e. The maximum atomic E-state index is 12.1. The van der Waals surface area contributed by atoms with Gasteiger partial charge in [0.15, 0.2) is 11.2 Å². The molecule has 98 valence electrons. The molecular formula is C10H15N5O3. The molecule has 2 rings (SSSR count). The van der Waals surface area contributed by atoms with Gasteiger partial charge in [0, 0.05) is 20.7 Å². The summed E-state index contributed by atoms with van der Waals surface area (Å²) in [6.07, 6.45) is 0. The number of aryl methyl sites for hydroxylation is 1. The number of aromatic nitrogens is 4. The van der Waals surface area contributed by atoms with Crippen LogP contribution in [0.4, 0.5) is 5.95 Å². The Morgan fingerprint density at radius 2 is 1.94 bits per heavy atom. The maximum absolute atomic E-state index is 12.1. The fourth-order valence-corrected chi connectivity index (χ4v) is 1.78. The Bertz CT molecular complexity index is 709. The highest BCUT2D eigenvalue weighted by atomic mass is 16.5. The Morgan fingerprint density at radius 3 is 2.56 bits per heavy atom. The van der Waals surface area contributed by atoms with Crippen molar-refractivity contribution in [2.75, 3.05) is 12.3 Å². The molecule has 8 nitrogen and oxygen atoms in total. The zero-order valence-electron chi connectivity index (χ0n) is 10.5. The van der Waals surface area contributed by atoms with Crippen molar-refractivity contribution >= 4 is 17.1 Å². The van der Waals surface area contributed by atoms with E-state index in [1.54, 1.807) is 7.05 Å². The molecule has 0 atom stereocenters. The number of imidazole rings is 1. The minimum atomic E-state index is -0.437. The molecule has 2 aromatic rings. The van der Waals surface area contributed by atoms with E-state index < -0.39 is 11.2 Å². The van der Waals surface area contributed by atoms with Crippen molar-refractivity contribution in [3.63, 3.8) is 0 Å². The van der Waals surface area contributed by atoms with E-state index in [-0.39, 0.29) is 23.8 Å². The average Bonchev–Trinajstić information content (AvgIpc) is 2.68. The lowest BCUT2D eigenvalue weighted by molar-refractivity contribution is 0.0918. The van der Waals surface area contributed by atoms with E-state index in [9.17, 15) is 9.59 Å². The molecule has 0 aromatic carbocycles. The molecule has 0 saturated carbocycles. The van der Waals surface area contributed by atoms with Gasteiger partial charge in [-0.15, -0.1) is 0 Å². The first kappa shape index (κ1) is 12.4. The van der Waals surface area contributed by atoms with E-state index in [2.05, 4.69) is 4.98 Å². The Balaban J connectivity index is 2.86. The number of ether oxygens (including phenoxy) is 1. The molecule has 0 saturated heterocycles. The van der Waals surface area contributed by atoms with Gasteiger partial charge in [-0.25, -0.2) is 4.79 Å². The molecule has 0 fully saturated rings. The van der Waals surface area contributed by atoms with Crippen molar-refractivity contribution in [2.24, 2.45) is 14.1 Å². The first-order valence-electron chi connectivity index (χ1n) is 5.48. The number of nitrogen functional groups attached to an aromatic ring is 1. The summed E-state index contributed by atoms with van der Waals surface area (Å²) in [6.45, 7) is 2.46. The third-order valence-corrected chi connectivity index (χ3v) is 2.80. The van der Waals surface area contributed by atoms with Crippen molar-refractivity contribution in [3.8, 4) is 0 Å². The van der Waals surface area contributed by atoms with Gasteiger partial charge in [-0.05, 0) is 6.92 Å². The van der Waals surface area contributed by atoms with E-state index in [4.69, 9.17) is 10.5 Å². The van der Waals surface area contributed by atoms with Gasteiger partial charge in [-0.1, -0.05) is 0 Å². The maximum Gasteiger partial charge on any atom is 0.332 e. The molecule has 0 aliphatic heterocycles. The van der Waals surface area contributed by atoms with Crippen molar-refractivity contribution in [3.05, 3.63) is 20.8 Å². The second-order valence-corrected chi connectivity index (χ2v) is 3.90.